The van der Waals surface area contributed by atoms with Gasteiger partial charge in [-0.25, -0.2) is 14.6 Å². The Morgan fingerprint density at radius 2 is 2.32 bits per heavy atom. The third kappa shape index (κ3) is 4.84. The van der Waals surface area contributed by atoms with E-state index in [9.17, 15) is 9.59 Å². The van der Waals surface area contributed by atoms with Crippen LogP contribution in [0.15, 0.2) is 11.6 Å². The summed E-state index contributed by atoms with van der Waals surface area (Å²) in [6.45, 7) is 1.84. The first kappa shape index (κ1) is 15.4. The van der Waals surface area contributed by atoms with Gasteiger partial charge in [0.25, 0.3) is 0 Å². The van der Waals surface area contributed by atoms with E-state index in [1.807, 2.05) is 12.3 Å². The van der Waals surface area contributed by atoms with E-state index in [1.54, 1.807) is 6.20 Å². The molecule has 0 saturated carbocycles. The van der Waals surface area contributed by atoms with Gasteiger partial charge in [-0.2, -0.15) is 0 Å². The number of hydrogen-bond acceptors (Lipinski definition) is 5. The zero-order valence-electron chi connectivity index (χ0n) is 10.8. The van der Waals surface area contributed by atoms with Crippen LogP contribution in [0.4, 0.5) is 4.79 Å². The van der Waals surface area contributed by atoms with Crippen LogP contribution >= 0.6 is 11.3 Å². The molecular formula is C11H17N3O4S. The SMILES string of the molecule is CCC(NC(=O)NCC(OC)C(=O)O)c1nccs1. The van der Waals surface area contributed by atoms with E-state index in [4.69, 9.17) is 9.84 Å². The second-order valence-corrected chi connectivity index (χ2v) is 4.67. The van der Waals surface area contributed by atoms with E-state index in [1.165, 1.54) is 18.4 Å². The van der Waals surface area contributed by atoms with Gasteiger partial charge in [-0.05, 0) is 6.42 Å². The number of carboxylic acids is 1. The molecule has 0 bridgehead atoms. The van der Waals surface area contributed by atoms with Crippen LogP contribution in [0, 0.1) is 0 Å². The lowest BCUT2D eigenvalue weighted by atomic mass is 10.2. The Balaban J connectivity index is 2.44. The Morgan fingerprint density at radius 3 is 2.79 bits per heavy atom. The Labute approximate surface area is 115 Å². The molecule has 0 aromatic carbocycles. The third-order valence-electron chi connectivity index (χ3n) is 2.47. The normalized spacial score (nSPS) is 13.6. The van der Waals surface area contributed by atoms with Gasteiger partial charge >= 0.3 is 12.0 Å². The second kappa shape index (κ2) is 7.70. The molecule has 1 heterocycles. The van der Waals surface area contributed by atoms with Crippen LogP contribution in [0.2, 0.25) is 0 Å². The van der Waals surface area contributed by atoms with Crippen LogP contribution in [-0.2, 0) is 9.53 Å². The molecule has 0 fully saturated rings. The number of hydrogen-bond donors (Lipinski definition) is 3. The minimum absolute atomic E-state index is 0.0913. The van der Waals surface area contributed by atoms with Crippen molar-refractivity contribution in [3.63, 3.8) is 0 Å². The molecule has 0 aliphatic heterocycles. The Hall–Kier alpha value is -1.67. The fraction of sp³-hybridized carbons (Fsp3) is 0.545. The van der Waals surface area contributed by atoms with Gasteiger partial charge in [0.2, 0.25) is 0 Å². The molecule has 0 spiro atoms. The first-order valence-corrected chi connectivity index (χ1v) is 6.65. The van der Waals surface area contributed by atoms with Crippen molar-refractivity contribution in [1.29, 1.82) is 0 Å². The van der Waals surface area contributed by atoms with E-state index in [-0.39, 0.29) is 12.6 Å². The van der Waals surface area contributed by atoms with Gasteiger partial charge in [0.15, 0.2) is 6.10 Å². The van der Waals surface area contributed by atoms with Gasteiger partial charge in [0.1, 0.15) is 5.01 Å². The smallest absolute Gasteiger partial charge is 0.334 e. The lowest BCUT2D eigenvalue weighted by Gasteiger charge is -2.16. The molecule has 0 aliphatic carbocycles. The number of carboxylic acid groups (broad SMARTS) is 1. The second-order valence-electron chi connectivity index (χ2n) is 3.75. The first-order valence-electron chi connectivity index (χ1n) is 5.77. The van der Waals surface area contributed by atoms with Crippen LogP contribution in [0.1, 0.15) is 24.4 Å². The number of thiazole rings is 1. The summed E-state index contributed by atoms with van der Waals surface area (Å²) in [4.78, 5) is 26.5. The fourth-order valence-corrected chi connectivity index (χ4v) is 2.18. The van der Waals surface area contributed by atoms with Crippen molar-refractivity contribution in [3.05, 3.63) is 16.6 Å². The maximum Gasteiger partial charge on any atom is 0.334 e. The Bertz CT molecular complexity index is 410. The average molecular weight is 287 g/mol. The predicted octanol–water partition coefficient (Wildman–Crippen LogP) is 0.993. The zero-order valence-corrected chi connectivity index (χ0v) is 11.6. The molecule has 19 heavy (non-hydrogen) atoms. The molecule has 7 nitrogen and oxygen atoms in total. The van der Waals surface area contributed by atoms with Gasteiger partial charge in [-0.15, -0.1) is 11.3 Å². The number of amides is 2. The van der Waals surface area contributed by atoms with Crippen molar-refractivity contribution in [1.82, 2.24) is 15.6 Å². The largest absolute Gasteiger partial charge is 0.479 e. The number of ether oxygens (including phenoxy) is 1. The summed E-state index contributed by atoms with van der Waals surface area (Å²) < 4.78 is 4.71. The van der Waals surface area contributed by atoms with Crippen LogP contribution in [0.5, 0.6) is 0 Å². The fourth-order valence-electron chi connectivity index (χ4n) is 1.41. The molecule has 1 aromatic heterocycles. The van der Waals surface area contributed by atoms with Gasteiger partial charge in [-0.1, -0.05) is 6.92 Å². The van der Waals surface area contributed by atoms with Crippen molar-refractivity contribution < 1.29 is 19.4 Å². The number of nitrogens with zero attached hydrogens (tertiary/aromatic N) is 1. The molecule has 2 unspecified atom stereocenters. The highest BCUT2D eigenvalue weighted by Crippen LogP contribution is 2.18. The number of carbonyl (C=O) groups excluding carboxylic acids is 1. The third-order valence-corrected chi connectivity index (χ3v) is 3.36. The molecule has 8 heteroatoms. The van der Waals surface area contributed by atoms with E-state index in [2.05, 4.69) is 15.6 Å². The summed E-state index contributed by atoms with van der Waals surface area (Å²) in [5.41, 5.74) is 0. The highest BCUT2D eigenvalue weighted by atomic mass is 32.1. The van der Waals surface area contributed by atoms with Crippen molar-refractivity contribution >= 4 is 23.3 Å². The quantitative estimate of drug-likeness (QED) is 0.694. The lowest BCUT2D eigenvalue weighted by Crippen LogP contribution is -2.43. The van der Waals surface area contributed by atoms with Gasteiger partial charge in [-0.3, -0.25) is 0 Å². The molecule has 0 radical (unpaired) electrons. The topological polar surface area (TPSA) is 101 Å². The number of nitrogens with one attached hydrogen (secondary N) is 2. The summed E-state index contributed by atoms with van der Waals surface area (Å²) >= 11 is 1.46. The molecule has 3 N–H and O–H groups in total. The highest BCUT2D eigenvalue weighted by molar-refractivity contribution is 7.09. The number of carbonyl (C=O) groups is 2. The first-order chi connectivity index (χ1) is 9.08. The van der Waals surface area contributed by atoms with E-state index < -0.39 is 18.1 Å². The standard InChI is InChI=1S/C11H17N3O4S/c1-3-7(9-12-4-5-19-9)14-11(17)13-6-8(18-2)10(15)16/h4-5,7-8H,3,6H2,1-2H3,(H,15,16)(H2,13,14,17). The molecule has 1 rings (SSSR count). The maximum atomic E-state index is 11.7. The minimum atomic E-state index is -1.12. The summed E-state index contributed by atoms with van der Waals surface area (Å²) in [7, 11) is 1.28. The average Bonchev–Trinajstić information content (AvgIpc) is 2.90. The zero-order chi connectivity index (χ0) is 14.3. The minimum Gasteiger partial charge on any atom is -0.479 e. The molecule has 2 atom stereocenters. The number of rotatable bonds is 7. The van der Waals surface area contributed by atoms with Gasteiger partial charge in [0.05, 0.1) is 12.6 Å². The van der Waals surface area contributed by atoms with E-state index >= 15 is 0 Å². The Morgan fingerprint density at radius 1 is 1.58 bits per heavy atom. The molecule has 2 amide bonds. The van der Waals surface area contributed by atoms with E-state index in [0.717, 1.165) is 5.01 Å². The summed E-state index contributed by atoms with van der Waals surface area (Å²) in [6.07, 6.45) is 1.33. The number of aliphatic carboxylic acids is 1. The molecule has 0 aliphatic rings. The van der Waals surface area contributed by atoms with Crippen molar-refractivity contribution in [2.24, 2.45) is 0 Å². The van der Waals surface area contributed by atoms with Gasteiger partial charge in [0, 0.05) is 18.7 Å². The van der Waals surface area contributed by atoms with Crippen LogP contribution in [-0.4, -0.2) is 41.8 Å². The number of aromatic nitrogens is 1. The number of methoxy groups -OCH3 is 1. The van der Waals surface area contributed by atoms with Crippen molar-refractivity contribution in [2.45, 2.75) is 25.5 Å². The highest BCUT2D eigenvalue weighted by Gasteiger charge is 2.19. The van der Waals surface area contributed by atoms with Crippen LogP contribution in [0.25, 0.3) is 0 Å². The van der Waals surface area contributed by atoms with Crippen molar-refractivity contribution in [3.8, 4) is 0 Å². The van der Waals surface area contributed by atoms with Crippen LogP contribution in [0.3, 0.4) is 0 Å². The van der Waals surface area contributed by atoms with Crippen molar-refractivity contribution in [2.75, 3.05) is 13.7 Å². The van der Waals surface area contributed by atoms with Gasteiger partial charge < -0.3 is 20.5 Å². The summed E-state index contributed by atoms with van der Waals surface area (Å²) in [6, 6.07) is -0.615. The molecule has 106 valence electrons. The van der Waals surface area contributed by atoms with Crippen LogP contribution < -0.4 is 10.6 Å². The molecule has 1 aromatic rings. The lowest BCUT2D eigenvalue weighted by molar-refractivity contribution is -0.147. The molecule has 0 saturated heterocycles. The predicted molar refractivity (Wildman–Crippen MR) is 70.1 cm³/mol. The maximum absolute atomic E-state index is 11.7. The Kier molecular flexibility index (Phi) is 6.23. The van der Waals surface area contributed by atoms with E-state index in [0.29, 0.717) is 6.42 Å². The summed E-state index contributed by atoms with van der Waals surface area (Å²) in [5, 5.41) is 16.6. The molecular weight excluding hydrogens is 270 g/mol. The summed E-state index contributed by atoms with van der Waals surface area (Å²) in [5.74, 6) is -1.12. The number of urea groups is 1. The monoisotopic (exact) mass is 287 g/mol.